The van der Waals surface area contributed by atoms with Crippen molar-refractivity contribution in [2.24, 2.45) is 0 Å². The third kappa shape index (κ3) is 2.94. The second kappa shape index (κ2) is 7.94. The van der Waals surface area contributed by atoms with Crippen LogP contribution in [0.5, 0.6) is 0 Å². The summed E-state index contributed by atoms with van der Waals surface area (Å²) < 4.78 is 7.89. The molecule has 0 aliphatic heterocycles. The highest BCUT2D eigenvalue weighted by atomic mass is 32.1. The molecule has 0 N–H and O–H groups in total. The maximum absolute atomic E-state index is 2.47. The molecule has 0 saturated carbocycles. The molecule has 0 amide bonds. The van der Waals surface area contributed by atoms with Crippen LogP contribution in [-0.2, 0) is 0 Å². The lowest BCUT2D eigenvalue weighted by Crippen LogP contribution is -1.93. The van der Waals surface area contributed by atoms with E-state index in [0.29, 0.717) is 0 Å². The number of benzene rings is 7. The highest BCUT2D eigenvalue weighted by Crippen LogP contribution is 2.46. The van der Waals surface area contributed by atoms with E-state index in [1.807, 2.05) is 22.7 Å². The zero-order valence-corrected chi connectivity index (χ0v) is 23.5. The molecule has 0 saturated heterocycles. The normalized spacial score (nSPS) is 12.4. The largest absolute Gasteiger partial charge is 0.309 e. The van der Waals surface area contributed by atoms with Crippen LogP contribution in [0.15, 0.2) is 127 Å². The minimum atomic E-state index is 1.19. The summed E-state index contributed by atoms with van der Waals surface area (Å²) in [6, 6.07) is 47.3. The van der Waals surface area contributed by atoms with E-state index in [-0.39, 0.29) is 0 Å². The first-order valence-corrected chi connectivity index (χ1v) is 15.6. The Balaban J connectivity index is 1.21. The average molecular weight is 556 g/mol. The molecule has 0 spiro atoms. The number of fused-ring (bicyclic) bond motifs is 7. The highest BCUT2D eigenvalue weighted by Gasteiger charge is 2.20. The zero-order chi connectivity index (χ0) is 26.7. The van der Waals surface area contributed by atoms with Gasteiger partial charge in [0.15, 0.2) is 0 Å². The van der Waals surface area contributed by atoms with Gasteiger partial charge in [0.05, 0.1) is 11.0 Å². The van der Waals surface area contributed by atoms with Crippen molar-refractivity contribution < 1.29 is 0 Å². The highest BCUT2D eigenvalue weighted by molar-refractivity contribution is 7.27. The molecule has 0 unspecified atom stereocenters. The topological polar surface area (TPSA) is 4.93 Å². The van der Waals surface area contributed by atoms with Crippen molar-refractivity contribution in [3.05, 3.63) is 127 Å². The Hall–Kier alpha value is -4.70. The summed E-state index contributed by atoms with van der Waals surface area (Å²) in [6.45, 7) is 0. The molecule has 7 aromatic carbocycles. The lowest BCUT2D eigenvalue weighted by Gasteiger charge is -2.10. The van der Waals surface area contributed by atoms with Gasteiger partial charge < -0.3 is 4.57 Å². The molecule has 190 valence electrons. The quantitative estimate of drug-likeness (QED) is 0.187. The fraction of sp³-hybridized carbons (Fsp3) is 0. The smallest absolute Gasteiger partial charge is 0.0554 e. The molecular weight excluding hydrogens is 535 g/mol. The van der Waals surface area contributed by atoms with Gasteiger partial charge in [-0.15, -0.1) is 22.7 Å². The first kappa shape index (κ1) is 22.0. The van der Waals surface area contributed by atoms with Gasteiger partial charge in [0.2, 0.25) is 0 Å². The standard InChI is InChI=1S/C38H21NS2/c1-3-10-33-26(7-1)29-20-24(15-19-35(29)40-33)22-12-16-25(17-13-22)39-31-9-5-6-23-14-18-28-37(36(23)31)32(39)21-30-27-8-2-4-11-34(27)41-38(28)30/h1-21H. The van der Waals surface area contributed by atoms with E-state index in [1.54, 1.807) is 0 Å². The van der Waals surface area contributed by atoms with Gasteiger partial charge in [-0.1, -0.05) is 78.9 Å². The third-order valence-corrected chi connectivity index (χ3v) is 11.1. The molecule has 10 rings (SSSR count). The summed E-state index contributed by atoms with van der Waals surface area (Å²) in [4.78, 5) is 0. The van der Waals surface area contributed by atoms with Crippen LogP contribution >= 0.6 is 22.7 Å². The number of hydrogen-bond donors (Lipinski definition) is 0. The van der Waals surface area contributed by atoms with Crippen LogP contribution in [0.3, 0.4) is 0 Å². The molecule has 3 aromatic heterocycles. The van der Waals surface area contributed by atoms with Crippen molar-refractivity contribution in [1.82, 2.24) is 4.57 Å². The van der Waals surface area contributed by atoms with Crippen molar-refractivity contribution in [2.75, 3.05) is 0 Å². The maximum Gasteiger partial charge on any atom is 0.0554 e. The third-order valence-electron chi connectivity index (χ3n) is 8.76. The Morgan fingerprint density at radius 1 is 0.415 bits per heavy atom. The average Bonchev–Trinajstić information content (AvgIpc) is 3.70. The van der Waals surface area contributed by atoms with Crippen LogP contribution in [-0.4, -0.2) is 4.57 Å². The van der Waals surface area contributed by atoms with Gasteiger partial charge in [0.25, 0.3) is 0 Å². The Morgan fingerprint density at radius 2 is 1.15 bits per heavy atom. The zero-order valence-electron chi connectivity index (χ0n) is 21.9. The Kier molecular flexibility index (Phi) is 4.27. The van der Waals surface area contributed by atoms with Crippen LogP contribution in [0.25, 0.3) is 89.7 Å². The van der Waals surface area contributed by atoms with Crippen molar-refractivity contribution in [3.63, 3.8) is 0 Å². The van der Waals surface area contributed by atoms with E-state index < -0.39 is 0 Å². The van der Waals surface area contributed by atoms with Gasteiger partial charge >= 0.3 is 0 Å². The molecule has 3 heterocycles. The van der Waals surface area contributed by atoms with Crippen molar-refractivity contribution in [3.8, 4) is 16.8 Å². The summed E-state index contributed by atoms with van der Waals surface area (Å²) in [5.41, 5.74) is 6.24. The minimum Gasteiger partial charge on any atom is -0.309 e. The molecule has 0 bridgehead atoms. The van der Waals surface area contributed by atoms with Gasteiger partial charge in [-0.2, -0.15) is 0 Å². The van der Waals surface area contributed by atoms with E-state index in [0.717, 1.165) is 0 Å². The van der Waals surface area contributed by atoms with Crippen LogP contribution in [0.2, 0.25) is 0 Å². The van der Waals surface area contributed by atoms with Gasteiger partial charge in [0.1, 0.15) is 0 Å². The van der Waals surface area contributed by atoms with Gasteiger partial charge in [0, 0.05) is 62.2 Å². The maximum atomic E-state index is 2.47. The molecule has 3 heteroatoms. The van der Waals surface area contributed by atoms with Gasteiger partial charge in [-0.3, -0.25) is 0 Å². The minimum absolute atomic E-state index is 1.19. The summed E-state index contributed by atoms with van der Waals surface area (Å²) >= 11 is 3.78. The predicted molar refractivity (Wildman–Crippen MR) is 181 cm³/mol. The van der Waals surface area contributed by atoms with E-state index >= 15 is 0 Å². The van der Waals surface area contributed by atoms with Crippen molar-refractivity contribution >= 4 is 95.6 Å². The first-order chi connectivity index (χ1) is 20.3. The summed E-state index contributed by atoms with van der Waals surface area (Å²) in [6.07, 6.45) is 0. The fourth-order valence-corrected chi connectivity index (χ4v) is 9.21. The molecule has 10 aromatic rings. The second-order valence-corrected chi connectivity index (χ2v) is 13.1. The number of nitrogens with zero attached hydrogens (tertiary/aromatic N) is 1. The van der Waals surface area contributed by atoms with Gasteiger partial charge in [-0.25, -0.2) is 0 Å². The molecule has 0 fully saturated rings. The number of aromatic nitrogens is 1. The lowest BCUT2D eigenvalue weighted by molar-refractivity contribution is 1.18. The summed E-state index contributed by atoms with van der Waals surface area (Å²) in [7, 11) is 0. The molecule has 1 nitrogen and oxygen atoms in total. The fourth-order valence-electron chi connectivity index (χ4n) is 6.91. The number of thiophene rings is 2. The molecule has 41 heavy (non-hydrogen) atoms. The molecule has 0 radical (unpaired) electrons. The predicted octanol–water partition coefficient (Wildman–Crippen LogP) is 11.8. The number of hydrogen-bond acceptors (Lipinski definition) is 2. The van der Waals surface area contributed by atoms with Gasteiger partial charge in [-0.05, 0) is 65.0 Å². The van der Waals surface area contributed by atoms with E-state index in [2.05, 4.69) is 132 Å². The Bertz CT molecular complexity index is 2630. The van der Waals surface area contributed by atoms with Crippen LogP contribution in [0.4, 0.5) is 0 Å². The SMILES string of the molecule is c1ccc2c(c1)sc1ccc(-c3ccc(-n4c5cccc6ccc7c8sc9ccccc9c8cc4c7c65)cc3)cc12. The second-order valence-electron chi connectivity index (χ2n) is 10.9. The van der Waals surface area contributed by atoms with E-state index in [1.165, 1.54) is 89.7 Å². The Morgan fingerprint density at radius 3 is 2.00 bits per heavy atom. The first-order valence-electron chi connectivity index (χ1n) is 13.9. The van der Waals surface area contributed by atoms with Crippen LogP contribution in [0, 0.1) is 0 Å². The molecule has 0 aliphatic rings. The Labute approximate surface area is 243 Å². The van der Waals surface area contributed by atoms with E-state index in [9.17, 15) is 0 Å². The van der Waals surface area contributed by atoms with Crippen molar-refractivity contribution in [2.45, 2.75) is 0 Å². The van der Waals surface area contributed by atoms with Crippen LogP contribution in [0.1, 0.15) is 0 Å². The number of rotatable bonds is 2. The van der Waals surface area contributed by atoms with E-state index in [4.69, 9.17) is 0 Å². The summed E-state index contributed by atoms with van der Waals surface area (Å²) in [5, 5.41) is 10.8. The molecule has 0 atom stereocenters. The molecule has 0 aliphatic carbocycles. The lowest BCUT2D eigenvalue weighted by atomic mass is 10.00. The van der Waals surface area contributed by atoms with Crippen LogP contribution < -0.4 is 0 Å². The monoisotopic (exact) mass is 555 g/mol. The van der Waals surface area contributed by atoms with Crippen molar-refractivity contribution in [1.29, 1.82) is 0 Å². The summed E-state index contributed by atoms with van der Waals surface area (Å²) in [5.74, 6) is 0. The molecular formula is C38H21NS2.